The molecule has 3 rings (SSSR count). The van der Waals surface area contributed by atoms with Gasteiger partial charge in [-0.1, -0.05) is 54.1 Å². The lowest BCUT2D eigenvalue weighted by molar-refractivity contribution is 0.101. The second-order valence-corrected chi connectivity index (χ2v) is 6.75. The average Bonchev–Trinajstić information content (AvgIpc) is 3.10. The highest BCUT2D eigenvalue weighted by Crippen LogP contribution is 2.22. The molecule has 0 saturated heterocycles. The topological polar surface area (TPSA) is 47.3 Å². The maximum atomic E-state index is 12.7. The van der Waals surface area contributed by atoms with E-state index in [1.165, 1.54) is 12.3 Å². The molecule has 0 aliphatic heterocycles. The molecule has 0 spiro atoms. The van der Waals surface area contributed by atoms with Crippen LogP contribution in [0, 0.1) is 6.92 Å². The van der Waals surface area contributed by atoms with Gasteiger partial charge in [0, 0.05) is 4.90 Å². The lowest BCUT2D eigenvalue weighted by Gasteiger charge is -2.02. The van der Waals surface area contributed by atoms with E-state index in [2.05, 4.69) is 0 Å². The summed E-state index contributed by atoms with van der Waals surface area (Å²) in [4.78, 5) is 13.4. The van der Waals surface area contributed by atoms with E-state index in [0.717, 1.165) is 11.1 Å². The van der Waals surface area contributed by atoms with Crippen LogP contribution >= 0.6 is 0 Å². The molecule has 2 aromatic carbocycles. The maximum Gasteiger partial charge on any atom is 0.222 e. The predicted octanol–water partition coefficient (Wildman–Crippen LogP) is 4.65. The summed E-state index contributed by atoms with van der Waals surface area (Å²) in [5.41, 5.74) is 2.00. The molecule has 24 heavy (non-hydrogen) atoms. The van der Waals surface area contributed by atoms with Gasteiger partial charge in [-0.25, -0.2) is 4.21 Å². The zero-order chi connectivity index (χ0) is 16.9. The fourth-order valence-electron chi connectivity index (χ4n) is 2.22. The first-order chi connectivity index (χ1) is 11.6. The molecule has 1 heterocycles. The number of hydrogen-bond acceptors (Lipinski definition) is 3. The third kappa shape index (κ3) is 3.60. The first kappa shape index (κ1) is 16.1. The Hall–Kier alpha value is -2.72. The Balaban J connectivity index is 1.84. The molecule has 3 aromatic rings. The van der Waals surface area contributed by atoms with E-state index in [0.29, 0.717) is 9.79 Å². The van der Waals surface area contributed by atoms with Crippen LogP contribution < -0.4 is 0 Å². The van der Waals surface area contributed by atoms with Gasteiger partial charge in [0.2, 0.25) is 5.78 Å². The summed E-state index contributed by atoms with van der Waals surface area (Å²) in [7, 11) is -1.45. The zero-order valence-electron chi connectivity index (χ0n) is 13.1. The van der Waals surface area contributed by atoms with Gasteiger partial charge >= 0.3 is 0 Å². The fraction of sp³-hybridized carbons (Fsp3) is 0.0500. The Kier molecular flexibility index (Phi) is 4.87. The monoisotopic (exact) mass is 336 g/mol. The molecule has 0 bridgehead atoms. The third-order valence-corrected chi connectivity index (χ3v) is 4.94. The normalized spacial score (nSPS) is 12.4. The van der Waals surface area contributed by atoms with Crippen molar-refractivity contribution in [1.29, 1.82) is 0 Å². The van der Waals surface area contributed by atoms with Crippen LogP contribution in [0.5, 0.6) is 0 Å². The third-order valence-electron chi connectivity index (χ3n) is 3.51. The van der Waals surface area contributed by atoms with Crippen LogP contribution in [0.3, 0.4) is 0 Å². The Bertz CT molecular complexity index is 890. The second-order valence-electron chi connectivity index (χ2n) is 5.30. The number of ketones is 1. The van der Waals surface area contributed by atoms with Crippen LogP contribution in [-0.4, -0.2) is 9.99 Å². The highest BCUT2D eigenvalue weighted by atomic mass is 32.2. The summed E-state index contributed by atoms with van der Waals surface area (Å²) in [6, 6.07) is 18.5. The van der Waals surface area contributed by atoms with Gasteiger partial charge in [0.15, 0.2) is 5.76 Å². The van der Waals surface area contributed by atoms with Crippen molar-refractivity contribution < 1.29 is 13.4 Å². The number of carbonyl (C=O) groups excluding carboxylic acids is 1. The molecule has 0 aliphatic rings. The molecule has 0 aliphatic carbocycles. The van der Waals surface area contributed by atoms with Gasteiger partial charge in [-0.2, -0.15) is 0 Å². The summed E-state index contributed by atoms with van der Waals surface area (Å²) < 4.78 is 18.0. The minimum atomic E-state index is -1.45. The Labute approximate surface area is 143 Å². The first-order valence-electron chi connectivity index (χ1n) is 7.48. The smallest absolute Gasteiger partial charge is 0.222 e. The fourth-order valence-corrected chi connectivity index (χ4v) is 3.36. The van der Waals surface area contributed by atoms with Crippen LogP contribution in [0.25, 0.3) is 6.08 Å². The van der Waals surface area contributed by atoms with Crippen LogP contribution in [0.1, 0.15) is 21.7 Å². The van der Waals surface area contributed by atoms with E-state index in [-0.39, 0.29) is 11.5 Å². The largest absolute Gasteiger partial charge is 0.460 e. The van der Waals surface area contributed by atoms with Crippen molar-refractivity contribution in [1.82, 2.24) is 0 Å². The van der Waals surface area contributed by atoms with Crippen molar-refractivity contribution in [3.05, 3.63) is 89.9 Å². The molecule has 0 radical (unpaired) electrons. The van der Waals surface area contributed by atoms with Crippen LogP contribution in [0.15, 0.2) is 87.2 Å². The van der Waals surface area contributed by atoms with E-state index in [1.807, 2.05) is 49.4 Å². The number of aryl methyl sites for hydroxylation is 1. The molecule has 4 heteroatoms. The van der Waals surface area contributed by atoms with Gasteiger partial charge in [-0.3, -0.25) is 4.79 Å². The quantitative estimate of drug-likeness (QED) is 0.503. The second kappa shape index (κ2) is 7.23. The van der Waals surface area contributed by atoms with Gasteiger partial charge < -0.3 is 4.42 Å². The molecule has 1 unspecified atom stereocenters. The van der Waals surface area contributed by atoms with Gasteiger partial charge in [0.25, 0.3) is 0 Å². The molecule has 1 aromatic heterocycles. The predicted molar refractivity (Wildman–Crippen MR) is 94.4 cm³/mol. The lowest BCUT2D eigenvalue weighted by atomic mass is 10.2. The van der Waals surface area contributed by atoms with E-state index in [1.54, 1.807) is 24.3 Å². The van der Waals surface area contributed by atoms with Gasteiger partial charge in [0.1, 0.15) is 0 Å². The van der Waals surface area contributed by atoms with Gasteiger partial charge in [0.05, 0.1) is 22.0 Å². The highest BCUT2D eigenvalue weighted by molar-refractivity contribution is 7.85. The van der Waals surface area contributed by atoms with Gasteiger partial charge in [-0.15, -0.1) is 0 Å². The average molecular weight is 336 g/mol. The number of allylic oxidation sites excluding steroid dienone is 1. The molecule has 1 atom stereocenters. The van der Waals surface area contributed by atoms with Crippen molar-refractivity contribution in [3.8, 4) is 0 Å². The molecule has 0 saturated carbocycles. The molecular weight excluding hydrogens is 320 g/mol. The number of carbonyl (C=O) groups is 1. The lowest BCUT2D eigenvalue weighted by Crippen LogP contribution is -2.00. The summed E-state index contributed by atoms with van der Waals surface area (Å²) >= 11 is 0. The summed E-state index contributed by atoms with van der Waals surface area (Å²) in [5, 5.41) is 0. The molecule has 0 N–H and O–H groups in total. The van der Waals surface area contributed by atoms with Crippen LogP contribution in [-0.2, 0) is 10.8 Å². The van der Waals surface area contributed by atoms with Crippen LogP contribution in [0.2, 0.25) is 0 Å². The summed E-state index contributed by atoms with van der Waals surface area (Å²) in [6.45, 7) is 1.97. The van der Waals surface area contributed by atoms with Gasteiger partial charge in [-0.05, 0) is 36.8 Å². The van der Waals surface area contributed by atoms with Crippen molar-refractivity contribution in [2.75, 3.05) is 0 Å². The highest BCUT2D eigenvalue weighted by Gasteiger charge is 2.19. The minimum Gasteiger partial charge on any atom is -0.460 e. The molecule has 0 fully saturated rings. The Morgan fingerprint density at radius 1 is 1.00 bits per heavy atom. The first-order valence-corrected chi connectivity index (χ1v) is 8.63. The van der Waals surface area contributed by atoms with Crippen molar-refractivity contribution in [2.24, 2.45) is 0 Å². The number of rotatable bonds is 5. The van der Waals surface area contributed by atoms with Crippen molar-refractivity contribution in [3.63, 3.8) is 0 Å². The summed E-state index contributed by atoms with van der Waals surface area (Å²) in [6.07, 6.45) is 4.54. The SMILES string of the molecule is Cc1ccc(S(=O)c2ccoc2C(=O)/C=C/c2ccccc2)cc1. The molecule has 120 valence electrons. The van der Waals surface area contributed by atoms with Crippen molar-refractivity contribution >= 4 is 22.7 Å². The number of furan rings is 1. The minimum absolute atomic E-state index is 0.112. The zero-order valence-corrected chi connectivity index (χ0v) is 14.0. The summed E-state index contributed by atoms with van der Waals surface area (Å²) in [5.74, 6) is -0.194. The van der Waals surface area contributed by atoms with E-state index < -0.39 is 10.8 Å². The molecule has 3 nitrogen and oxygen atoms in total. The maximum absolute atomic E-state index is 12.7. The standard InChI is InChI=1S/C20H16O3S/c1-15-7-10-17(11-8-15)24(22)19-13-14-23-20(19)18(21)12-9-16-5-3-2-4-6-16/h2-14H,1H3/b12-9+. The van der Waals surface area contributed by atoms with Crippen molar-refractivity contribution in [2.45, 2.75) is 16.7 Å². The molecular formula is C20H16O3S. The van der Waals surface area contributed by atoms with Crippen LogP contribution in [0.4, 0.5) is 0 Å². The molecule has 0 amide bonds. The number of benzene rings is 2. The number of hydrogen-bond donors (Lipinski definition) is 0. The van der Waals surface area contributed by atoms with E-state index in [4.69, 9.17) is 4.42 Å². The van der Waals surface area contributed by atoms with E-state index in [9.17, 15) is 9.00 Å². The Morgan fingerprint density at radius 3 is 2.42 bits per heavy atom. The van der Waals surface area contributed by atoms with E-state index >= 15 is 0 Å². The Morgan fingerprint density at radius 2 is 1.71 bits per heavy atom.